The predicted octanol–water partition coefficient (Wildman–Crippen LogP) is 3.67. The van der Waals surface area contributed by atoms with Gasteiger partial charge in [0.15, 0.2) is 0 Å². The molecule has 0 radical (unpaired) electrons. The second-order valence-corrected chi connectivity index (χ2v) is 6.49. The van der Waals surface area contributed by atoms with Crippen LogP contribution in [0.1, 0.15) is 38.3 Å². The van der Waals surface area contributed by atoms with Crippen LogP contribution in [-0.2, 0) is 8.85 Å². The van der Waals surface area contributed by atoms with Gasteiger partial charge in [0.05, 0.1) is 0 Å². The van der Waals surface area contributed by atoms with Gasteiger partial charge in [0.1, 0.15) is 0 Å². The van der Waals surface area contributed by atoms with Crippen molar-refractivity contribution in [1.82, 2.24) is 0 Å². The summed E-state index contributed by atoms with van der Waals surface area (Å²) < 4.78 is 11.6. The van der Waals surface area contributed by atoms with Crippen molar-refractivity contribution in [3.63, 3.8) is 0 Å². The van der Waals surface area contributed by atoms with Gasteiger partial charge in [-0.1, -0.05) is 30.7 Å². The van der Waals surface area contributed by atoms with Gasteiger partial charge < -0.3 is 8.85 Å². The molecule has 0 N–H and O–H groups in total. The van der Waals surface area contributed by atoms with Gasteiger partial charge in [0.25, 0.3) is 0 Å². The predicted molar refractivity (Wildman–Crippen MR) is 74.9 cm³/mol. The van der Waals surface area contributed by atoms with Gasteiger partial charge in [-0.2, -0.15) is 0 Å². The second-order valence-electron chi connectivity index (χ2n) is 3.85. The van der Waals surface area contributed by atoms with Gasteiger partial charge >= 0.3 is 9.28 Å². The lowest BCUT2D eigenvalue weighted by atomic mass is 10.1. The molecule has 0 saturated carbocycles. The highest BCUT2D eigenvalue weighted by Crippen LogP contribution is 2.26. The lowest BCUT2D eigenvalue weighted by Gasteiger charge is -2.24. The topological polar surface area (TPSA) is 18.5 Å². The van der Waals surface area contributed by atoms with Crippen LogP contribution < -0.4 is 0 Å². The van der Waals surface area contributed by atoms with E-state index in [9.17, 15) is 0 Å². The minimum atomic E-state index is -1.65. The molecule has 4 heteroatoms. The molecule has 0 aliphatic carbocycles. The van der Waals surface area contributed by atoms with E-state index in [0.29, 0.717) is 18.8 Å². The summed E-state index contributed by atoms with van der Waals surface area (Å²) in [6, 6.07) is 8.02. The molecule has 96 valence electrons. The normalized spacial score (nSPS) is 13.0. The van der Waals surface area contributed by atoms with E-state index >= 15 is 0 Å². The first-order valence-electron chi connectivity index (χ1n) is 6.21. The summed E-state index contributed by atoms with van der Waals surface area (Å²) in [5, 5.41) is 0.779. The van der Waals surface area contributed by atoms with Gasteiger partial charge in [0, 0.05) is 23.8 Å². The average Bonchev–Trinajstić information content (AvgIpc) is 2.31. The fraction of sp³-hybridized carbons (Fsp3) is 0.538. The highest BCUT2D eigenvalue weighted by molar-refractivity contribution is 6.46. The monoisotopic (exact) mass is 272 g/mol. The van der Waals surface area contributed by atoms with E-state index in [1.165, 1.54) is 5.56 Å². The molecule has 0 bridgehead atoms. The van der Waals surface area contributed by atoms with Crippen molar-refractivity contribution in [2.75, 3.05) is 13.2 Å². The molecule has 1 unspecified atom stereocenters. The van der Waals surface area contributed by atoms with E-state index in [2.05, 4.69) is 13.0 Å². The Morgan fingerprint density at radius 2 is 1.82 bits per heavy atom. The Bertz CT molecular complexity index is 327. The van der Waals surface area contributed by atoms with E-state index in [4.69, 9.17) is 20.5 Å². The molecule has 1 atom stereocenters. The Kier molecular flexibility index (Phi) is 6.81. The van der Waals surface area contributed by atoms with Crippen molar-refractivity contribution in [2.45, 2.75) is 32.7 Å². The van der Waals surface area contributed by atoms with E-state index in [-0.39, 0.29) is 0 Å². The van der Waals surface area contributed by atoms with Gasteiger partial charge in [-0.05, 0) is 38.0 Å². The average molecular weight is 273 g/mol. The van der Waals surface area contributed by atoms with Gasteiger partial charge in [-0.25, -0.2) is 0 Å². The Morgan fingerprint density at radius 3 is 2.29 bits per heavy atom. The van der Waals surface area contributed by atoms with Crippen molar-refractivity contribution < 1.29 is 8.85 Å². The molecule has 1 rings (SSSR count). The smallest absolute Gasteiger partial charge is 0.329 e. The zero-order valence-electron chi connectivity index (χ0n) is 10.8. The Morgan fingerprint density at radius 1 is 1.18 bits per heavy atom. The van der Waals surface area contributed by atoms with Crippen LogP contribution >= 0.6 is 11.6 Å². The number of rotatable bonds is 7. The van der Waals surface area contributed by atoms with Crippen LogP contribution in [0, 0.1) is 0 Å². The Balaban J connectivity index is 2.87. The molecule has 0 amide bonds. The minimum Gasteiger partial charge on any atom is -0.396 e. The van der Waals surface area contributed by atoms with Crippen molar-refractivity contribution in [3.05, 3.63) is 34.9 Å². The SMILES string of the molecule is CCO[SiH](OCC)C(CC)c1cccc(Cl)c1. The fourth-order valence-corrected chi connectivity index (χ4v) is 4.25. The highest BCUT2D eigenvalue weighted by Gasteiger charge is 2.25. The lowest BCUT2D eigenvalue weighted by molar-refractivity contribution is 0.204. The van der Waals surface area contributed by atoms with Crippen molar-refractivity contribution in [2.24, 2.45) is 0 Å². The summed E-state index contributed by atoms with van der Waals surface area (Å²) in [4.78, 5) is 0. The van der Waals surface area contributed by atoms with E-state index in [0.717, 1.165) is 11.4 Å². The summed E-state index contributed by atoms with van der Waals surface area (Å²) in [5.41, 5.74) is 1.60. The Hall–Kier alpha value is -0.353. The molecule has 0 aromatic heterocycles. The standard InChI is InChI=1S/C13H21ClO2Si/c1-4-13(17(15-5-2)16-6-3)11-8-7-9-12(14)10-11/h7-10,13,17H,4-6H2,1-3H3. The summed E-state index contributed by atoms with van der Waals surface area (Å²) in [7, 11) is -1.65. The molecule has 0 spiro atoms. The third-order valence-electron chi connectivity index (χ3n) is 2.71. The van der Waals surface area contributed by atoms with E-state index in [1.807, 2.05) is 32.0 Å². The van der Waals surface area contributed by atoms with Crippen LogP contribution in [0.2, 0.25) is 5.02 Å². The van der Waals surface area contributed by atoms with Gasteiger partial charge in [0.2, 0.25) is 0 Å². The largest absolute Gasteiger partial charge is 0.396 e. The summed E-state index contributed by atoms with van der Waals surface area (Å²) >= 11 is 6.04. The molecule has 0 saturated heterocycles. The lowest BCUT2D eigenvalue weighted by Crippen LogP contribution is -2.31. The number of benzene rings is 1. The maximum absolute atomic E-state index is 6.04. The summed E-state index contributed by atoms with van der Waals surface area (Å²) in [5.74, 6) is 0. The molecule has 1 aromatic rings. The molecule has 0 heterocycles. The van der Waals surface area contributed by atoms with Crippen LogP contribution in [0.15, 0.2) is 24.3 Å². The summed E-state index contributed by atoms with van der Waals surface area (Å²) in [6.07, 6.45) is 1.03. The van der Waals surface area contributed by atoms with Gasteiger partial charge in [-0.15, -0.1) is 0 Å². The first kappa shape index (κ1) is 14.7. The number of halogens is 1. The Labute approximate surface area is 111 Å². The van der Waals surface area contributed by atoms with E-state index < -0.39 is 9.28 Å². The molecule has 0 aliphatic heterocycles. The van der Waals surface area contributed by atoms with Crippen LogP contribution in [0.25, 0.3) is 0 Å². The minimum absolute atomic E-state index is 0.369. The van der Waals surface area contributed by atoms with Crippen LogP contribution in [-0.4, -0.2) is 22.5 Å². The third-order valence-corrected chi connectivity index (χ3v) is 5.78. The maximum atomic E-state index is 6.04. The van der Waals surface area contributed by atoms with E-state index in [1.54, 1.807) is 0 Å². The zero-order valence-corrected chi connectivity index (χ0v) is 12.7. The van der Waals surface area contributed by atoms with Crippen molar-refractivity contribution >= 4 is 20.9 Å². The van der Waals surface area contributed by atoms with Crippen LogP contribution in [0.3, 0.4) is 0 Å². The summed E-state index contributed by atoms with van der Waals surface area (Å²) in [6.45, 7) is 7.64. The molecule has 2 nitrogen and oxygen atoms in total. The van der Waals surface area contributed by atoms with Crippen LogP contribution in [0.5, 0.6) is 0 Å². The zero-order chi connectivity index (χ0) is 12.7. The molecule has 0 fully saturated rings. The molecule has 0 aliphatic rings. The fourth-order valence-electron chi connectivity index (χ4n) is 1.93. The highest BCUT2D eigenvalue weighted by atomic mass is 35.5. The molecule has 1 aromatic carbocycles. The van der Waals surface area contributed by atoms with Gasteiger partial charge in [-0.3, -0.25) is 0 Å². The maximum Gasteiger partial charge on any atom is 0.329 e. The number of hydrogen-bond acceptors (Lipinski definition) is 2. The first-order valence-corrected chi connectivity index (χ1v) is 8.20. The van der Waals surface area contributed by atoms with Crippen LogP contribution in [0.4, 0.5) is 0 Å². The third kappa shape index (κ3) is 4.43. The van der Waals surface area contributed by atoms with Crippen molar-refractivity contribution in [1.29, 1.82) is 0 Å². The first-order chi connectivity index (χ1) is 8.22. The molecule has 17 heavy (non-hydrogen) atoms. The second kappa shape index (κ2) is 7.87. The molecular weight excluding hydrogens is 252 g/mol. The number of hydrogen-bond donors (Lipinski definition) is 0. The quantitative estimate of drug-likeness (QED) is 0.705. The van der Waals surface area contributed by atoms with Crippen molar-refractivity contribution in [3.8, 4) is 0 Å². The molecular formula is C13H21ClO2Si.